The normalized spacial score (nSPS) is 15.6. The molecule has 1 amide bonds. The maximum atomic E-state index is 13.1. The van der Waals surface area contributed by atoms with Crippen LogP contribution in [0.25, 0.3) is 0 Å². The Labute approximate surface area is 98.4 Å². The second-order valence-electron chi connectivity index (χ2n) is 3.99. The summed E-state index contributed by atoms with van der Waals surface area (Å²) in [5, 5.41) is 2.70. The van der Waals surface area contributed by atoms with Crippen LogP contribution in [0.5, 0.6) is 0 Å². The van der Waals surface area contributed by atoms with Gasteiger partial charge >= 0.3 is 0 Å². The van der Waals surface area contributed by atoms with Crippen LogP contribution in [0.1, 0.15) is 17.3 Å². The van der Waals surface area contributed by atoms with Crippen LogP contribution in [0, 0.1) is 5.82 Å². The first-order chi connectivity index (χ1) is 8.08. The molecule has 0 aliphatic carbocycles. The Kier molecular flexibility index (Phi) is 3.08. The lowest BCUT2D eigenvalue weighted by Gasteiger charge is -2.29. The first kappa shape index (κ1) is 11.6. The summed E-state index contributed by atoms with van der Waals surface area (Å²) >= 11 is 0. The third-order valence-electron chi connectivity index (χ3n) is 2.72. The SMILES string of the molecule is CC(=O)c1cc(F)ccc1N1CCNC(=O)C1. The van der Waals surface area contributed by atoms with Gasteiger partial charge < -0.3 is 10.2 Å². The zero-order valence-electron chi connectivity index (χ0n) is 9.50. The fraction of sp³-hybridized carbons (Fsp3) is 0.333. The molecule has 1 fully saturated rings. The Morgan fingerprint density at radius 3 is 2.88 bits per heavy atom. The summed E-state index contributed by atoms with van der Waals surface area (Å²) in [5.74, 6) is -0.735. The van der Waals surface area contributed by atoms with Gasteiger partial charge in [0.1, 0.15) is 5.82 Å². The Morgan fingerprint density at radius 1 is 1.47 bits per heavy atom. The fourth-order valence-corrected chi connectivity index (χ4v) is 1.91. The highest BCUT2D eigenvalue weighted by Gasteiger charge is 2.20. The van der Waals surface area contributed by atoms with Gasteiger partial charge in [-0.1, -0.05) is 0 Å². The Morgan fingerprint density at radius 2 is 2.24 bits per heavy atom. The predicted molar refractivity (Wildman–Crippen MR) is 61.6 cm³/mol. The number of carbonyl (C=O) groups is 2. The predicted octanol–water partition coefficient (Wildman–Crippen LogP) is 0.964. The average molecular weight is 236 g/mol. The number of piperazine rings is 1. The van der Waals surface area contributed by atoms with Gasteiger partial charge in [0, 0.05) is 24.3 Å². The van der Waals surface area contributed by atoms with Gasteiger partial charge in [-0.3, -0.25) is 9.59 Å². The zero-order valence-corrected chi connectivity index (χ0v) is 9.50. The van der Waals surface area contributed by atoms with Crippen molar-refractivity contribution in [2.45, 2.75) is 6.92 Å². The molecule has 1 aliphatic rings. The molecule has 0 saturated carbocycles. The number of hydrogen-bond donors (Lipinski definition) is 1. The average Bonchev–Trinajstić information content (AvgIpc) is 2.28. The monoisotopic (exact) mass is 236 g/mol. The Bertz CT molecular complexity index is 474. The largest absolute Gasteiger partial charge is 0.360 e. The summed E-state index contributed by atoms with van der Waals surface area (Å²) in [5.41, 5.74) is 0.938. The van der Waals surface area contributed by atoms with Gasteiger partial charge in [0.15, 0.2) is 5.78 Å². The number of amides is 1. The summed E-state index contributed by atoms with van der Waals surface area (Å²) in [4.78, 5) is 24.5. The molecule has 1 aliphatic heterocycles. The van der Waals surface area contributed by atoms with E-state index in [-0.39, 0.29) is 18.2 Å². The lowest BCUT2D eigenvalue weighted by Crippen LogP contribution is -2.48. The van der Waals surface area contributed by atoms with Crippen molar-refractivity contribution in [3.8, 4) is 0 Å². The third kappa shape index (κ3) is 2.43. The molecule has 2 rings (SSSR count). The Hall–Kier alpha value is -1.91. The molecule has 5 heteroatoms. The van der Waals surface area contributed by atoms with Gasteiger partial charge in [0.2, 0.25) is 5.91 Å². The second-order valence-corrected chi connectivity index (χ2v) is 3.99. The van der Waals surface area contributed by atoms with Crippen molar-refractivity contribution >= 4 is 17.4 Å². The lowest BCUT2D eigenvalue weighted by atomic mass is 10.1. The van der Waals surface area contributed by atoms with E-state index in [0.717, 1.165) is 0 Å². The summed E-state index contributed by atoms with van der Waals surface area (Å²) in [6, 6.07) is 4.06. The number of carbonyl (C=O) groups excluding carboxylic acids is 2. The molecule has 0 aromatic heterocycles. The van der Waals surface area contributed by atoms with E-state index >= 15 is 0 Å². The molecule has 17 heavy (non-hydrogen) atoms. The van der Waals surface area contributed by atoms with Crippen LogP contribution in [0.3, 0.4) is 0 Å². The van der Waals surface area contributed by atoms with Crippen molar-refractivity contribution in [2.24, 2.45) is 0 Å². The molecule has 90 valence electrons. The van der Waals surface area contributed by atoms with Gasteiger partial charge in [-0.15, -0.1) is 0 Å². The van der Waals surface area contributed by atoms with E-state index in [9.17, 15) is 14.0 Å². The van der Waals surface area contributed by atoms with E-state index < -0.39 is 5.82 Å². The second kappa shape index (κ2) is 4.53. The standard InChI is InChI=1S/C12H13FN2O2/c1-8(16)10-6-9(13)2-3-11(10)15-5-4-14-12(17)7-15/h2-3,6H,4-5,7H2,1H3,(H,14,17). The number of hydrogen-bond acceptors (Lipinski definition) is 3. The van der Waals surface area contributed by atoms with Crippen molar-refractivity contribution < 1.29 is 14.0 Å². The highest BCUT2D eigenvalue weighted by molar-refractivity contribution is 6.00. The molecular weight excluding hydrogens is 223 g/mol. The quantitative estimate of drug-likeness (QED) is 0.778. The summed E-state index contributed by atoms with van der Waals surface area (Å²) in [6.07, 6.45) is 0. The number of anilines is 1. The molecule has 1 heterocycles. The number of ketones is 1. The maximum absolute atomic E-state index is 13.1. The van der Waals surface area contributed by atoms with E-state index in [1.165, 1.54) is 19.1 Å². The van der Waals surface area contributed by atoms with Crippen LogP contribution in [0.4, 0.5) is 10.1 Å². The molecule has 1 N–H and O–H groups in total. The summed E-state index contributed by atoms with van der Waals surface area (Å²) in [7, 11) is 0. The zero-order chi connectivity index (χ0) is 12.4. The minimum Gasteiger partial charge on any atom is -0.360 e. The number of Topliss-reactive ketones (excluding diaryl/α,β-unsaturated/α-hetero) is 1. The van der Waals surface area contributed by atoms with E-state index in [2.05, 4.69) is 5.32 Å². The third-order valence-corrected chi connectivity index (χ3v) is 2.72. The number of nitrogens with zero attached hydrogens (tertiary/aromatic N) is 1. The van der Waals surface area contributed by atoms with Gasteiger partial charge in [0.05, 0.1) is 6.54 Å². The molecular formula is C12H13FN2O2. The van der Waals surface area contributed by atoms with Crippen molar-refractivity contribution in [3.63, 3.8) is 0 Å². The maximum Gasteiger partial charge on any atom is 0.239 e. The van der Waals surface area contributed by atoms with Crippen LogP contribution in [-0.4, -0.2) is 31.3 Å². The molecule has 0 radical (unpaired) electrons. The number of rotatable bonds is 2. The van der Waals surface area contributed by atoms with E-state index in [1.807, 2.05) is 0 Å². The van der Waals surface area contributed by atoms with Crippen molar-refractivity contribution in [3.05, 3.63) is 29.6 Å². The van der Waals surface area contributed by atoms with Crippen molar-refractivity contribution in [1.29, 1.82) is 0 Å². The smallest absolute Gasteiger partial charge is 0.239 e. The van der Waals surface area contributed by atoms with Gasteiger partial charge in [-0.25, -0.2) is 4.39 Å². The van der Waals surface area contributed by atoms with Crippen LogP contribution < -0.4 is 10.2 Å². The highest BCUT2D eigenvalue weighted by Crippen LogP contribution is 2.22. The molecule has 0 atom stereocenters. The molecule has 1 aromatic carbocycles. The molecule has 0 bridgehead atoms. The fourth-order valence-electron chi connectivity index (χ4n) is 1.91. The first-order valence-corrected chi connectivity index (χ1v) is 5.40. The van der Waals surface area contributed by atoms with Crippen LogP contribution in [0.2, 0.25) is 0 Å². The number of halogens is 1. The van der Waals surface area contributed by atoms with Gasteiger partial charge in [0.25, 0.3) is 0 Å². The Balaban J connectivity index is 2.37. The van der Waals surface area contributed by atoms with E-state index in [0.29, 0.717) is 24.3 Å². The molecule has 0 unspecified atom stereocenters. The van der Waals surface area contributed by atoms with Crippen LogP contribution >= 0.6 is 0 Å². The number of benzene rings is 1. The summed E-state index contributed by atoms with van der Waals surface area (Å²) < 4.78 is 13.1. The highest BCUT2D eigenvalue weighted by atomic mass is 19.1. The van der Waals surface area contributed by atoms with Crippen LogP contribution in [0.15, 0.2) is 18.2 Å². The first-order valence-electron chi connectivity index (χ1n) is 5.40. The van der Waals surface area contributed by atoms with Crippen molar-refractivity contribution in [1.82, 2.24) is 5.32 Å². The number of nitrogens with one attached hydrogen (secondary N) is 1. The van der Waals surface area contributed by atoms with Crippen molar-refractivity contribution in [2.75, 3.05) is 24.5 Å². The summed E-state index contributed by atoms with van der Waals surface area (Å²) in [6.45, 7) is 2.75. The van der Waals surface area contributed by atoms with Crippen LogP contribution in [-0.2, 0) is 4.79 Å². The molecule has 4 nitrogen and oxygen atoms in total. The van der Waals surface area contributed by atoms with Gasteiger partial charge in [-0.05, 0) is 25.1 Å². The van der Waals surface area contributed by atoms with E-state index in [4.69, 9.17) is 0 Å². The topological polar surface area (TPSA) is 49.4 Å². The molecule has 1 aromatic rings. The lowest BCUT2D eigenvalue weighted by molar-refractivity contribution is -0.120. The molecule has 1 saturated heterocycles. The van der Waals surface area contributed by atoms with E-state index in [1.54, 1.807) is 11.0 Å². The molecule has 0 spiro atoms. The minimum absolute atomic E-state index is 0.0879. The minimum atomic E-state index is -0.444. The van der Waals surface area contributed by atoms with Gasteiger partial charge in [-0.2, -0.15) is 0 Å².